The number of carbonyl (C=O) groups excluding carboxylic acids is 1. The molecule has 6 heteroatoms. The van der Waals surface area contributed by atoms with Crippen molar-refractivity contribution in [3.63, 3.8) is 0 Å². The third-order valence-electron chi connectivity index (χ3n) is 4.89. The molecule has 6 nitrogen and oxygen atoms in total. The predicted octanol–water partition coefficient (Wildman–Crippen LogP) is 5.65. The largest absolute Gasteiger partial charge is 0.494 e. The molecule has 3 aromatic carbocycles. The van der Waals surface area contributed by atoms with Gasteiger partial charge in [0.05, 0.1) is 6.61 Å². The maximum Gasteiger partial charge on any atom is 0.321 e. The highest BCUT2D eigenvalue weighted by Crippen LogP contribution is 2.22. The lowest BCUT2D eigenvalue weighted by atomic mass is 10.1. The summed E-state index contributed by atoms with van der Waals surface area (Å²) in [7, 11) is 0. The molecular weight excluding hydrogens is 414 g/mol. The minimum Gasteiger partial charge on any atom is -0.494 e. The second-order valence-corrected chi connectivity index (χ2v) is 7.43. The lowest BCUT2D eigenvalue weighted by Crippen LogP contribution is -2.22. The molecule has 1 heterocycles. The van der Waals surface area contributed by atoms with Crippen LogP contribution in [0.15, 0.2) is 91.3 Å². The second kappa shape index (κ2) is 10.9. The molecule has 0 atom stereocenters. The molecule has 0 saturated carbocycles. The number of para-hydroxylation sites is 1. The molecule has 166 valence electrons. The van der Waals surface area contributed by atoms with E-state index in [4.69, 9.17) is 9.47 Å². The normalized spacial score (nSPS) is 10.5. The van der Waals surface area contributed by atoms with Gasteiger partial charge in [-0.1, -0.05) is 49.4 Å². The van der Waals surface area contributed by atoms with Gasteiger partial charge in [0.15, 0.2) is 0 Å². The number of benzene rings is 3. The molecule has 0 aliphatic rings. The Balaban J connectivity index is 1.37. The van der Waals surface area contributed by atoms with E-state index in [0.717, 1.165) is 28.9 Å². The van der Waals surface area contributed by atoms with Gasteiger partial charge in [-0.05, 0) is 53.9 Å². The minimum atomic E-state index is -0.145. The smallest absolute Gasteiger partial charge is 0.321 e. The van der Waals surface area contributed by atoms with E-state index in [9.17, 15) is 4.79 Å². The highest BCUT2D eigenvalue weighted by atomic mass is 16.5. The van der Waals surface area contributed by atoms with E-state index in [1.54, 1.807) is 18.5 Å². The topological polar surface area (TPSA) is 73.3 Å². The molecule has 0 radical (unpaired) electrons. The maximum atomic E-state index is 12.7. The van der Waals surface area contributed by atoms with Crippen molar-refractivity contribution in [3.8, 4) is 28.6 Å². The number of amides is 1. The molecule has 0 spiro atoms. The van der Waals surface area contributed by atoms with E-state index in [1.165, 1.54) is 0 Å². The number of nitrogens with zero attached hydrogens (tertiary/aromatic N) is 2. The third kappa shape index (κ3) is 6.17. The fourth-order valence-corrected chi connectivity index (χ4v) is 3.16. The van der Waals surface area contributed by atoms with Gasteiger partial charge in [-0.2, -0.15) is 0 Å². The van der Waals surface area contributed by atoms with Crippen molar-refractivity contribution in [1.82, 2.24) is 15.3 Å². The average Bonchev–Trinajstić information content (AvgIpc) is 2.88. The Morgan fingerprint density at radius 3 is 2.33 bits per heavy atom. The van der Waals surface area contributed by atoms with Crippen molar-refractivity contribution in [2.24, 2.45) is 0 Å². The van der Waals surface area contributed by atoms with Crippen LogP contribution in [0.25, 0.3) is 11.1 Å². The number of nitrogens with one attached hydrogen (secondary N) is 1. The van der Waals surface area contributed by atoms with Crippen LogP contribution < -0.4 is 14.8 Å². The lowest BCUT2D eigenvalue weighted by molar-refractivity contribution is 0.0951. The molecular formula is C27H25N3O3. The van der Waals surface area contributed by atoms with Gasteiger partial charge in [0.1, 0.15) is 11.5 Å². The first-order valence-corrected chi connectivity index (χ1v) is 10.9. The van der Waals surface area contributed by atoms with Gasteiger partial charge in [-0.3, -0.25) is 4.79 Å². The average molecular weight is 440 g/mol. The molecule has 1 amide bonds. The van der Waals surface area contributed by atoms with Crippen molar-refractivity contribution in [2.45, 2.75) is 19.9 Å². The van der Waals surface area contributed by atoms with Crippen molar-refractivity contribution < 1.29 is 14.3 Å². The zero-order chi connectivity index (χ0) is 22.9. The van der Waals surface area contributed by atoms with Crippen LogP contribution in [0.1, 0.15) is 29.3 Å². The molecule has 0 bridgehead atoms. The molecule has 0 aliphatic heterocycles. The third-order valence-corrected chi connectivity index (χ3v) is 4.89. The molecule has 1 aromatic heterocycles. The fourth-order valence-electron chi connectivity index (χ4n) is 3.16. The molecule has 4 rings (SSSR count). The number of carbonyl (C=O) groups is 1. The monoisotopic (exact) mass is 439 g/mol. The summed E-state index contributed by atoms with van der Waals surface area (Å²) < 4.78 is 11.2. The van der Waals surface area contributed by atoms with E-state index in [0.29, 0.717) is 24.5 Å². The van der Waals surface area contributed by atoms with Crippen molar-refractivity contribution in [1.29, 1.82) is 0 Å². The second-order valence-electron chi connectivity index (χ2n) is 7.43. The quantitative estimate of drug-likeness (QED) is 0.365. The van der Waals surface area contributed by atoms with Gasteiger partial charge in [-0.15, -0.1) is 0 Å². The molecule has 0 aliphatic carbocycles. The van der Waals surface area contributed by atoms with Crippen molar-refractivity contribution >= 4 is 5.91 Å². The highest BCUT2D eigenvalue weighted by Gasteiger charge is 2.09. The number of hydrogen-bond acceptors (Lipinski definition) is 5. The number of hydrogen-bond donors (Lipinski definition) is 1. The van der Waals surface area contributed by atoms with Crippen LogP contribution in [0.5, 0.6) is 17.5 Å². The number of ether oxygens (including phenoxy) is 2. The van der Waals surface area contributed by atoms with Crippen LogP contribution >= 0.6 is 0 Å². The summed E-state index contributed by atoms with van der Waals surface area (Å²) in [5.74, 6) is 1.36. The van der Waals surface area contributed by atoms with Gasteiger partial charge in [0.25, 0.3) is 5.91 Å². The van der Waals surface area contributed by atoms with Crippen LogP contribution in [0.2, 0.25) is 0 Å². The standard InChI is InChI=1S/C27H25N3O3/c1-2-15-32-24-13-11-20(12-14-24)17-28-26(31)22-8-6-7-21(16-22)23-18-29-27(30-19-23)33-25-9-4-3-5-10-25/h3-14,16,18-19H,2,15,17H2,1H3,(H,28,31). The molecule has 1 N–H and O–H groups in total. The van der Waals surface area contributed by atoms with Gasteiger partial charge < -0.3 is 14.8 Å². The Kier molecular flexibility index (Phi) is 7.28. The summed E-state index contributed by atoms with van der Waals surface area (Å²) in [5, 5.41) is 2.96. The maximum absolute atomic E-state index is 12.7. The zero-order valence-electron chi connectivity index (χ0n) is 18.4. The molecule has 4 aromatic rings. The summed E-state index contributed by atoms with van der Waals surface area (Å²) in [6.07, 6.45) is 4.34. The first kappa shape index (κ1) is 22.0. The molecule has 0 unspecified atom stereocenters. The highest BCUT2D eigenvalue weighted by molar-refractivity contribution is 5.95. The SMILES string of the molecule is CCCOc1ccc(CNC(=O)c2cccc(-c3cnc(Oc4ccccc4)nc3)c2)cc1. The Hall–Kier alpha value is -4.19. The molecule has 33 heavy (non-hydrogen) atoms. The van der Waals surface area contributed by atoms with E-state index in [-0.39, 0.29) is 11.9 Å². The van der Waals surface area contributed by atoms with E-state index < -0.39 is 0 Å². The van der Waals surface area contributed by atoms with Crippen LogP contribution in [0.3, 0.4) is 0 Å². The number of aromatic nitrogens is 2. The van der Waals surface area contributed by atoms with Crippen molar-refractivity contribution in [3.05, 3.63) is 102 Å². The van der Waals surface area contributed by atoms with E-state index in [2.05, 4.69) is 22.2 Å². The summed E-state index contributed by atoms with van der Waals surface area (Å²) in [6, 6.07) is 24.8. The van der Waals surface area contributed by atoms with Crippen LogP contribution in [-0.2, 0) is 6.54 Å². The van der Waals surface area contributed by atoms with Crippen LogP contribution in [0.4, 0.5) is 0 Å². The number of rotatable bonds is 9. The van der Waals surface area contributed by atoms with E-state index in [1.807, 2.05) is 72.8 Å². The first-order valence-electron chi connectivity index (χ1n) is 10.9. The lowest BCUT2D eigenvalue weighted by Gasteiger charge is -2.09. The Morgan fingerprint density at radius 1 is 0.848 bits per heavy atom. The fraction of sp³-hybridized carbons (Fsp3) is 0.148. The van der Waals surface area contributed by atoms with Gasteiger partial charge in [0.2, 0.25) is 0 Å². The van der Waals surface area contributed by atoms with E-state index >= 15 is 0 Å². The summed E-state index contributed by atoms with van der Waals surface area (Å²) in [4.78, 5) is 21.2. The Bertz CT molecular complexity index is 1180. The molecule has 0 fully saturated rings. The van der Waals surface area contributed by atoms with Crippen molar-refractivity contribution in [2.75, 3.05) is 6.61 Å². The Morgan fingerprint density at radius 2 is 1.61 bits per heavy atom. The molecule has 0 saturated heterocycles. The minimum absolute atomic E-state index is 0.145. The van der Waals surface area contributed by atoms with Gasteiger partial charge in [-0.25, -0.2) is 9.97 Å². The summed E-state index contributed by atoms with van der Waals surface area (Å²) in [5.41, 5.74) is 3.23. The Labute approximate surface area is 193 Å². The predicted molar refractivity (Wildman–Crippen MR) is 127 cm³/mol. The zero-order valence-corrected chi connectivity index (χ0v) is 18.4. The summed E-state index contributed by atoms with van der Waals surface area (Å²) >= 11 is 0. The van der Waals surface area contributed by atoms with Crippen LogP contribution in [-0.4, -0.2) is 22.5 Å². The first-order chi connectivity index (χ1) is 16.2. The van der Waals surface area contributed by atoms with Gasteiger partial charge in [0, 0.05) is 30.1 Å². The van der Waals surface area contributed by atoms with Gasteiger partial charge >= 0.3 is 6.01 Å². The van der Waals surface area contributed by atoms with Crippen LogP contribution in [0, 0.1) is 0 Å². The summed E-state index contributed by atoms with van der Waals surface area (Å²) in [6.45, 7) is 3.20.